The van der Waals surface area contributed by atoms with E-state index in [0.29, 0.717) is 19.8 Å². The molecule has 1 heterocycles. The molecule has 4 rings (SSSR count). The summed E-state index contributed by atoms with van der Waals surface area (Å²) in [5, 5.41) is 11.0. The molecule has 0 spiro atoms. The first-order chi connectivity index (χ1) is 16.7. The van der Waals surface area contributed by atoms with Crippen molar-refractivity contribution >= 4 is 16.8 Å². The molecular weight excluding hydrogens is 462 g/mol. The molecule has 1 N–H and O–H groups in total. The Hall–Kier alpha value is -2.09. The zero-order chi connectivity index (χ0) is 23.6. The van der Waals surface area contributed by atoms with Crippen LogP contribution in [0.25, 0.3) is 0 Å². The number of aliphatic hydroxyl groups excluding tert-OH is 1. The van der Waals surface area contributed by atoms with Gasteiger partial charge in [0.25, 0.3) is 0 Å². The number of ether oxygens (including phenoxy) is 3. The molecule has 0 aliphatic carbocycles. The molecule has 1 saturated heterocycles. The van der Waals surface area contributed by atoms with E-state index in [2.05, 4.69) is 0 Å². The number of benzene rings is 3. The second kappa shape index (κ2) is 14.5. The van der Waals surface area contributed by atoms with Crippen LogP contribution in [0.5, 0.6) is 0 Å². The highest BCUT2D eigenvalue weighted by Crippen LogP contribution is 2.51. The van der Waals surface area contributed by atoms with Crippen LogP contribution in [0.3, 0.4) is 0 Å². The number of rotatable bonds is 11. The van der Waals surface area contributed by atoms with Crippen molar-refractivity contribution < 1.29 is 28.4 Å². The van der Waals surface area contributed by atoms with Crippen LogP contribution in [0, 0.1) is 0 Å². The molecule has 3 aromatic rings. The fourth-order valence-corrected chi connectivity index (χ4v) is 5.19. The summed E-state index contributed by atoms with van der Waals surface area (Å²) in [4.78, 5) is 0. The second-order valence-electron chi connectivity index (χ2n) is 8.05. The minimum atomic E-state index is -1.58. The molecule has 1 aliphatic rings. The van der Waals surface area contributed by atoms with Gasteiger partial charge in [0.05, 0.1) is 26.4 Å². The first-order valence-corrected chi connectivity index (χ1v) is 12.6. The average molecular weight is 493 g/mol. The molecule has 0 unspecified atom stereocenters. The van der Waals surface area contributed by atoms with Gasteiger partial charge < -0.3 is 28.4 Å². The van der Waals surface area contributed by atoms with Crippen LogP contribution < -0.4 is 0 Å². The molecule has 3 aromatic carbocycles. The van der Waals surface area contributed by atoms with Gasteiger partial charge in [-0.05, 0) is 16.7 Å². The largest absolute Gasteiger partial charge is 0.381 e. The van der Waals surface area contributed by atoms with E-state index in [9.17, 15) is 5.11 Å². The lowest BCUT2D eigenvalue weighted by Crippen LogP contribution is -2.53. The Kier molecular flexibility index (Phi) is 11.4. The van der Waals surface area contributed by atoms with Crippen molar-refractivity contribution in [2.45, 2.75) is 44.0 Å². The highest BCUT2D eigenvalue weighted by molar-refractivity contribution is 7.48. The fraction of sp³-hybridized carbons (Fsp3) is 0.333. The maximum absolute atomic E-state index is 11.0. The third-order valence-electron chi connectivity index (χ3n) is 5.58. The third kappa shape index (κ3) is 7.96. The van der Waals surface area contributed by atoms with Crippen molar-refractivity contribution in [1.29, 1.82) is 0 Å². The predicted molar refractivity (Wildman–Crippen MR) is 137 cm³/mol. The molecule has 8 heteroatoms. The maximum atomic E-state index is 11.0. The predicted octanol–water partition coefficient (Wildman–Crippen LogP) is 4.67. The van der Waals surface area contributed by atoms with Gasteiger partial charge >= 0.3 is 0 Å². The Bertz CT molecular complexity index is 965. The summed E-state index contributed by atoms with van der Waals surface area (Å²) >= 11 is 0. The van der Waals surface area contributed by atoms with Crippen molar-refractivity contribution in [3.63, 3.8) is 0 Å². The highest BCUT2D eigenvalue weighted by Gasteiger charge is 2.48. The van der Waals surface area contributed by atoms with E-state index in [1.807, 2.05) is 91.0 Å². The van der Waals surface area contributed by atoms with Crippen LogP contribution in [0.4, 0.5) is 0 Å². The van der Waals surface area contributed by atoms with Gasteiger partial charge in [-0.3, -0.25) is 0 Å². The molecule has 183 valence electrons. The van der Waals surface area contributed by atoms with Gasteiger partial charge in [-0.2, -0.15) is 0 Å². The Balaban J connectivity index is 0.00000342. The van der Waals surface area contributed by atoms with E-state index in [-0.39, 0.29) is 15.0 Å². The summed E-state index contributed by atoms with van der Waals surface area (Å²) < 4.78 is 30.2. The second-order valence-corrected chi connectivity index (χ2v) is 9.72. The molecule has 6 nitrogen and oxygen atoms in total. The van der Waals surface area contributed by atoms with E-state index >= 15 is 0 Å². The monoisotopic (exact) mass is 493 g/mol. The Morgan fingerprint density at radius 3 is 1.66 bits per heavy atom. The van der Waals surface area contributed by atoms with Crippen LogP contribution in [0.1, 0.15) is 16.7 Å². The summed E-state index contributed by atoms with van der Waals surface area (Å²) in [5.74, 6) is -0.949. The Morgan fingerprint density at radius 1 is 0.714 bits per heavy atom. The van der Waals surface area contributed by atoms with Gasteiger partial charge in [0.1, 0.15) is 18.3 Å². The lowest BCUT2D eigenvalue weighted by atomic mass is 10.1. The zero-order valence-corrected chi connectivity index (χ0v) is 20.7. The van der Waals surface area contributed by atoms with Gasteiger partial charge in [0.15, 0.2) is 5.85 Å². The first kappa shape index (κ1) is 27.5. The first-order valence-electron chi connectivity index (χ1n) is 11.4. The van der Waals surface area contributed by atoms with Crippen LogP contribution in [-0.2, 0) is 43.1 Å². The molecule has 0 saturated carbocycles. The zero-order valence-electron chi connectivity index (χ0n) is 19.8. The maximum Gasteiger partial charge on any atom is 0.204 e. The van der Waals surface area contributed by atoms with E-state index < -0.39 is 32.5 Å². The molecule has 0 amide bonds. The minimum Gasteiger partial charge on any atom is -0.381 e. The summed E-state index contributed by atoms with van der Waals surface area (Å²) in [6.45, 7) is 1.45. The van der Waals surface area contributed by atoms with E-state index in [4.69, 9.17) is 23.3 Å². The lowest BCUT2D eigenvalue weighted by Gasteiger charge is -2.43. The van der Waals surface area contributed by atoms with Crippen LogP contribution in [0.15, 0.2) is 91.0 Å². The van der Waals surface area contributed by atoms with E-state index in [0.717, 1.165) is 16.7 Å². The van der Waals surface area contributed by atoms with Crippen molar-refractivity contribution in [3.05, 3.63) is 108 Å². The molecule has 35 heavy (non-hydrogen) atoms. The van der Waals surface area contributed by atoms with E-state index in [1.165, 1.54) is 7.11 Å². The van der Waals surface area contributed by atoms with E-state index in [1.54, 1.807) is 0 Å². The van der Waals surface area contributed by atoms with Crippen molar-refractivity contribution in [2.24, 2.45) is 0 Å². The highest BCUT2D eigenvalue weighted by atomic mass is 31.2. The molecule has 3 radical (unpaired) electrons. The number of hydrogen-bond donors (Lipinski definition) is 1. The van der Waals surface area contributed by atoms with Crippen molar-refractivity contribution in [3.8, 4) is 0 Å². The smallest absolute Gasteiger partial charge is 0.204 e. The molecule has 0 bridgehead atoms. The fourth-order valence-electron chi connectivity index (χ4n) is 3.82. The summed E-state index contributed by atoms with van der Waals surface area (Å²) in [5.41, 5.74) is 3.12. The third-order valence-corrected chi connectivity index (χ3v) is 7.15. The minimum absolute atomic E-state index is 0. The molecule has 1 fully saturated rings. The summed E-state index contributed by atoms with van der Waals surface area (Å²) in [7, 11) is -0.0437. The quantitative estimate of drug-likeness (QED) is 0.310. The SMILES string of the molecule is CO[P@]1O[C@H](COCc2ccccc2)[C@@H](OCc2ccccc2)[C@H](OCc2ccccc2)[C@H]1O.[B]. The number of hydrogen-bond acceptors (Lipinski definition) is 6. The number of aliphatic hydroxyl groups is 1. The van der Waals surface area contributed by atoms with Gasteiger partial charge in [0, 0.05) is 15.5 Å². The van der Waals surface area contributed by atoms with Crippen LogP contribution in [-0.4, -0.2) is 51.4 Å². The van der Waals surface area contributed by atoms with Gasteiger partial charge in [0.2, 0.25) is 8.38 Å². The Labute approximate surface area is 210 Å². The van der Waals surface area contributed by atoms with Gasteiger partial charge in [-0.25, -0.2) is 0 Å². The topological polar surface area (TPSA) is 66.4 Å². The standard InChI is InChI=1S/C27H31O6P.B/c1-29-34-27(28)26(32-19-23-15-9-4-10-16-23)25(31-18-22-13-7-3-8-14-22)24(33-34)20-30-17-21-11-5-2-6-12-21;/h2-16,24-28H,17-20H2,1H3;/t24-,25-,26+,27+,34-;/m1./s1. The summed E-state index contributed by atoms with van der Waals surface area (Å²) in [6.07, 6.45) is -1.62. The summed E-state index contributed by atoms with van der Waals surface area (Å²) in [6, 6.07) is 29.8. The lowest BCUT2D eigenvalue weighted by molar-refractivity contribution is -0.176. The van der Waals surface area contributed by atoms with Crippen LogP contribution >= 0.6 is 8.38 Å². The van der Waals surface area contributed by atoms with Crippen molar-refractivity contribution in [1.82, 2.24) is 0 Å². The van der Waals surface area contributed by atoms with Crippen LogP contribution in [0.2, 0.25) is 0 Å². The Morgan fingerprint density at radius 2 is 1.17 bits per heavy atom. The molecule has 0 aromatic heterocycles. The van der Waals surface area contributed by atoms with Gasteiger partial charge in [-0.15, -0.1) is 0 Å². The molecule has 5 atom stereocenters. The molecular formula is C27H31BO6P. The normalized spacial score (nSPS) is 24.0. The van der Waals surface area contributed by atoms with Gasteiger partial charge in [-0.1, -0.05) is 91.0 Å². The molecule has 1 aliphatic heterocycles. The average Bonchev–Trinajstić information content (AvgIpc) is 2.89. The van der Waals surface area contributed by atoms with Crippen molar-refractivity contribution in [2.75, 3.05) is 13.7 Å².